The highest BCUT2D eigenvalue weighted by Crippen LogP contribution is 2.29. The maximum absolute atomic E-state index is 12.9. The zero-order valence-electron chi connectivity index (χ0n) is 12.2. The van der Waals surface area contributed by atoms with Gasteiger partial charge >= 0.3 is 0 Å². The second kappa shape index (κ2) is 6.02. The lowest BCUT2D eigenvalue weighted by molar-refractivity contribution is 0.566. The van der Waals surface area contributed by atoms with Gasteiger partial charge < -0.3 is 5.73 Å². The summed E-state index contributed by atoms with van der Waals surface area (Å²) in [5.41, 5.74) is 8.15. The van der Waals surface area contributed by atoms with Crippen molar-refractivity contribution in [3.05, 3.63) is 51.7 Å². The number of halogens is 1. The Morgan fingerprint density at radius 2 is 1.90 bits per heavy atom. The third-order valence-corrected chi connectivity index (χ3v) is 4.33. The fraction of sp³-hybridized carbons (Fsp3) is 0.438. The molecule has 1 aromatic heterocycles. The molecule has 20 heavy (non-hydrogen) atoms. The summed E-state index contributed by atoms with van der Waals surface area (Å²) in [5, 5.41) is 3.18. The summed E-state index contributed by atoms with van der Waals surface area (Å²) in [4.78, 5) is 4.73. The number of hydrogen-bond acceptors (Lipinski definition) is 3. The van der Waals surface area contributed by atoms with Gasteiger partial charge in [-0.15, -0.1) is 11.3 Å². The van der Waals surface area contributed by atoms with E-state index in [1.807, 2.05) is 12.1 Å². The maximum atomic E-state index is 12.9. The molecule has 1 unspecified atom stereocenters. The summed E-state index contributed by atoms with van der Waals surface area (Å²) in [6.45, 7) is 7.02. The predicted molar refractivity (Wildman–Crippen MR) is 82.7 cm³/mol. The van der Waals surface area contributed by atoms with Crippen LogP contribution in [0, 0.1) is 5.82 Å². The van der Waals surface area contributed by atoms with Crippen molar-refractivity contribution in [2.75, 3.05) is 6.54 Å². The Bertz CT molecular complexity index is 555. The van der Waals surface area contributed by atoms with Crippen LogP contribution < -0.4 is 5.73 Å². The average Bonchev–Trinajstić information content (AvgIpc) is 2.87. The Labute approximate surface area is 123 Å². The van der Waals surface area contributed by atoms with Crippen molar-refractivity contribution in [2.45, 2.75) is 38.5 Å². The van der Waals surface area contributed by atoms with E-state index >= 15 is 0 Å². The van der Waals surface area contributed by atoms with Crippen LogP contribution in [-0.4, -0.2) is 11.5 Å². The molecule has 0 aliphatic heterocycles. The molecule has 2 rings (SSSR count). The fourth-order valence-electron chi connectivity index (χ4n) is 2.00. The van der Waals surface area contributed by atoms with Gasteiger partial charge in [0.05, 0.1) is 10.7 Å². The molecule has 0 aliphatic rings. The largest absolute Gasteiger partial charge is 0.330 e. The Kier molecular flexibility index (Phi) is 4.55. The number of nitrogens with two attached hydrogens (primary N) is 1. The fourth-order valence-corrected chi connectivity index (χ4v) is 3.16. The van der Waals surface area contributed by atoms with Crippen LogP contribution >= 0.6 is 11.3 Å². The topological polar surface area (TPSA) is 38.9 Å². The first-order valence-corrected chi connectivity index (χ1v) is 7.68. The van der Waals surface area contributed by atoms with Gasteiger partial charge in [0.1, 0.15) is 5.82 Å². The number of rotatable bonds is 4. The molecule has 2 N–H and O–H groups in total. The van der Waals surface area contributed by atoms with E-state index in [9.17, 15) is 4.39 Å². The Morgan fingerprint density at radius 1 is 1.25 bits per heavy atom. The molecular formula is C16H21FN2S. The van der Waals surface area contributed by atoms with E-state index in [1.54, 1.807) is 11.3 Å². The van der Waals surface area contributed by atoms with Crippen molar-refractivity contribution in [1.82, 2.24) is 4.98 Å². The zero-order chi connectivity index (χ0) is 14.8. The summed E-state index contributed by atoms with van der Waals surface area (Å²) in [6, 6.07) is 6.61. The van der Waals surface area contributed by atoms with Gasteiger partial charge in [-0.05, 0) is 24.1 Å². The number of thiazole rings is 1. The molecule has 0 saturated heterocycles. The normalized spacial score (nSPS) is 13.4. The molecule has 0 saturated carbocycles. The van der Waals surface area contributed by atoms with E-state index in [4.69, 9.17) is 10.7 Å². The zero-order valence-corrected chi connectivity index (χ0v) is 13.0. The second-order valence-corrected chi connectivity index (χ2v) is 6.97. The molecule has 1 heterocycles. The number of benzene rings is 1. The van der Waals surface area contributed by atoms with Gasteiger partial charge in [0.15, 0.2) is 0 Å². The van der Waals surface area contributed by atoms with Gasteiger partial charge in [-0.3, -0.25) is 0 Å². The van der Waals surface area contributed by atoms with Gasteiger partial charge in [-0.25, -0.2) is 9.37 Å². The van der Waals surface area contributed by atoms with Gasteiger partial charge in [-0.2, -0.15) is 0 Å². The van der Waals surface area contributed by atoms with Crippen molar-refractivity contribution in [3.8, 4) is 0 Å². The van der Waals surface area contributed by atoms with Crippen molar-refractivity contribution >= 4 is 11.3 Å². The second-order valence-electron chi connectivity index (χ2n) is 6.08. The first kappa shape index (κ1) is 15.1. The van der Waals surface area contributed by atoms with E-state index in [-0.39, 0.29) is 17.2 Å². The van der Waals surface area contributed by atoms with Gasteiger partial charge in [0, 0.05) is 23.3 Å². The molecule has 1 atom stereocenters. The SMILES string of the molecule is CC(C)(C)c1csc(C(CN)Cc2ccc(F)cc2)n1. The molecule has 2 nitrogen and oxygen atoms in total. The van der Waals surface area contributed by atoms with E-state index in [0.717, 1.165) is 22.7 Å². The number of aromatic nitrogens is 1. The molecule has 108 valence electrons. The number of nitrogens with zero attached hydrogens (tertiary/aromatic N) is 1. The maximum Gasteiger partial charge on any atom is 0.123 e. The highest BCUT2D eigenvalue weighted by molar-refractivity contribution is 7.09. The molecule has 0 fully saturated rings. The summed E-state index contributed by atoms with van der Waals surface area (Å²) in [7, 11) is 0. The van der Waals surface area contributed by atoms with Gasteiger partial charge in [0.25, 0.3) is 0 Å². The first-order valence-electron chi connectivity index (χ1n) is 6.80. The quantitative estimate of drug-likeness (QED) is 0.929. The lowest BCUT2D eigenvalue weighted by Gasteiger charge is -2.15. The molecule has 4 heteroatoms. The Balaban J connectivity index is 2.16. The van der Waals surface area contributed by atoms with Crippen LogP contribution in [0.5, 0.6) is 0 Å². The minimum atomic E-state index is -0.206. The molecule has 0 aliphatic carbocycles. The molecule has 0 spiro atoms. The van der Waals surface area contributed by atoms with Crippen molar-refractivity contribution in [2.24, 2.45) is 5.73 Å². The third kappa shape index (κ3) is 3.64. The summed E-state index contributed by atoms with van der Waals surface area (Å²) >= 11 is 1.67. The highest BCUT2D eigenvalue weighted by atomic mass is 32.1. The minimum absolute atomic E-state index is 0.0593. The first-order chi connectivity index (χ1) is 9.40. The van der Waals surface area contributed by atoms with E-state index < -0.39 is 0 Å². The molecule has 2 aromatic rings. The van der Waals surface area contributed by atoms with Gasteiger partial charge in [-0.1, -0.05) is 32.9 Å². The van der Waals surface area contributed by atoms with E-state index in [2.05, 4.69) is 26.2 Å². The summed E-state index contributed by atoms with van der Waals surface area (Å²) in [6.07, 6.45) is 0.799. The molecule has 0 radical (unpaired) electrons. The molecule has 0 amide bonds. The van der Waals surface area contributed by atoms with Crippen molar-refractivity contribution in [3.63, 3.8) is 0 Å². The van der Waals surface area contributed by atoms with Crippen molar-refractivity contribution in [1.29, 1.82) is 0 Å². The summed E-state index contributed by atoms with van der Waals surface area (Å²) < 4.78 is 12.9. The van der Waals surface area contributed by atoms with Crippen LogP contribution in [0.2, 0.25) is 0 Å². The lowest BCUT2D eigenvalue weighted by Crippen LogP contribution is -2.16. The third-order valence-electron chi connectivity index (χ3n) is 3.32. The van der Waals surface area contributed by atoms with Crippen LogP contribution in [0.25, 0.3) is 0 Å². The van der Waals surface area contributed by atoms with Crippen LogP contribution in [0.1, 0.15) is 43.0 Å². The van der Waals surface area contributed by atoms with Crippen LogP contribution in [-0.2, 0) is 11.8 Å². The summed E-state index contributed by atoms with van der Waals surface area (Å²) in [5.74, 6) is -0.0103. The molecule has 1 aromatic carbocycles. The minimum Gasteiger partial charge on any atom is -0.330 e. The predicted octanol–water partition coefficient (Wildman–Crippen LogP) is 3.86. The number of hydrogen-bond donors (Lipinski definition) is 1. The van der Waals surface area contributed by atoms with E-state index in [1.165, 1.54) is 12.1 Å². The van der Waals surface area contributed by atoms with Crippen molar-refractivity contribution < 1.29 is 4.39 Å². The van der Waals surface area contributed by atoms with Crippen LogP contribution in [0.4, 0.5) is 4.39 Å². The average molecular weight is 292 g/mol. The van der Waals surface area contributed by atoms with Crippen LogP contribution in [0.3, 0.4) is 0 Å². The standard InChI is InChI=1S/C16H21FN2S/c1-16(2,3)14-10-20-15(19-14)12(9-18)8-11-4-6-13(17)7-5-11/h4-7,10,12H,8-9,18H2,1-3H3. The Morgan fingerprint density at radius 3 is 2.40 bits per heavy atom. The molecular weight excluding hydrogens is 271 g/mol. The smallest absolute Gasteiger partial charge is 0.123 e. The molecule has 0 bridgehead atoms. The van der Waals surface area contributed by atoms with Gasteiger partial charge in [0.2, 0.25) is 0 Å². The highest BCUT2D eigenvalue weighted by Gasteiger charge is 2.21. The monoisotopic (exact) mass is 292 g/mol. The van der Waals surface area contributed by atoms with Crippen LogP contribution in [0.15, 0.2) is 29.6 Å². The lowest BCUT2D eigenvalue weighted by atomic mass is 9.93. The van der Waals surface area contributed by atoms with E-state index in [0.29, 0.717) is 6.54 Å². The Hall–Kier alpha value is -1.26.